The van der Waals surface area contributed by atoms with E-state index in [9.17, 15) is 9.59 Å². The highest BCUT2D eigenvalue weighted by Gasteiger charge is 2.35. The van der Waals surface area contributed by atoms with Crippen molar-refractivity contribution in [3.8, 4) is 6.07 Å². The van der Waals surface area contributed by atoms with Gasteiger partial charge in [0.15, 0.2) is 0 Å². The Morgan fingerprint density at radius 2 is 1.73 bits per heavy atom. The second kappa shape index (κ2) is 5.39. The first kappa shape index (κ1) is 14.5. The van der Waals surface area contributed by atoms with Crippen LogP contribution >= 0.6 is 15.9 Å². The molecule has 1 aliphatic heterocycles. The van der Waals surface area contributed by atoms with Crippen LogP contribution < -0.4 is 0 Å². The molecule has 1 aliphatic rings. The second-order valence-corrected chi connectivity index (χ2v) is 5.97. The van der Waals surface area contributed by atoms with E-state index in [1.54, 1.807) is 30.3 Å². The smallest absolute Gasteiger partial charge is 0.261 e. The van der Waals surface area contributed by atoms with Gasteiger partial charge in [0.25, 0.3) is 11.8 Å². The van der Waals surface area contributed by atoms with Crippen LogP contribution in [0.3, 0.4) is 0 Å². The van der Waals surface area contributed by atoms with Crippen molar-refractivity contribution >= 4 is 27.7 Å². The topological polar surface area (TPSA) is 61.2 Å². The Labute approximate surface area is 136 Å². The molecular formula is C17H11BrN2O2. The van der Waals surface area contributed by atoms with Crippen LogP contribution in [0.15, 0.2) is 40.9 Å². The number of aryl methyl sites for hydroxylation is 1. The zero-order valence-electron chi connectivity index (χ0n) is 11.8. The van der Waals surface area contributed by atoms with Crippen molar-refractivity contribution in [2.24, 2.45) is 0 Å². The van der Waals surface area contributed by atoms with E-state index in [1.807, 2.05) is 13.0 Å². The van der Waals surface area contributed by atoms with Gasteiger partial charge in [0.1, 0.15) is 6.07 Å². The van der Waals surface area contributed by atoms with Gasteiger partial charge in [0, 0.05) is 4.47 Å². The predicted octanol–water partition coefficient (Wildman–Crippen LogP) is 3.43. The lowest BCUT2D eigenvalue weighted by molar-refractivity contribution is 0.0642. The number of amides is 2. The zero-order chi connectivity index (χ0) is 15.9. The van der Waals surface area contributed by atoms with Crippen molar-refractivity contribution in [2.45, 2.75) is 13.5 Å². The summed E-state index contributed by atoms with van der Waals surface area (Å²) in [5, 5.41) is 9.11. The van der Waals surface area contributed by atoms with Gasteiger partial charge < -0.3 is 0 Å². The lowest BCUT2D eigenvalue weighted by Crippen LogP contribution is -2.29. The van der Waals surface area contributed by atoms with Crippen LogP contribution in [0.2, 0.25) is 0 Å². The van der Waals surface area contributed by atoms with Gasteiger partial charge in [-0.2, -0.15) is 5.26 Å². The van der Waals surface area contributed by atoms with Crippen LogP contribution in [-0.4, -0.2) is 16.7 Å². The number of halogens is 1. The lowest BCUT2D eigenvalue weighted by Gasteiger charge is -2.16. The molecule has 0 radical (unpaired) electrons. The molecular weight excluding hydrogens is 344 g/mol. The monoisotopic (exact) mass is 354 g/mol. The van der Waals surface area contributed by atoms with Gasteiger partial charge in [-0.05, 0) is 58.2 Å². The SMILES string of the molecule is Cc1cc(Br)c(C#N)cc1CN1C(=O)c2ccccc2C1=O. The van der Waals surface area contributed by atoms with E-state index < -0.39 is 0 Å². The van der Waals surface area contributed by atoms with Crippen LogP contribution in [0.5, 0.6) is 0 Å². The normalized spacial score (nSPS) is 13.2. The first-order valence-corrected chi connectivity index (χ1v) is 7.46. The number of nitriles is 1. The third kappa shape index (κ3) is 2.22. The molecule has 22 heavy (non-hydrogen) atoms. The van der Waals surface area contributed by atoms with E-state index in [-0.39, 0.29) is 18.4 Å². The maximum atomic E-state index is 12.4. The summed E-state index contributed by atoms with van der Waals surface area (Å²) in [5.41, 5.74) is 3.06. The summed E-state index contributed by atoms with van der Waals surface area (Å²) in [6, 6.07) is 12.4. The molecule has 2 amide bonds. The first-order valence-electron chi connectivity index (χ1n) is 6.67. The number of imide groups is 1. The lowest BCUT2D eigenvalue weighted by atomic mass is 10.0. The molecule has 0 unspecified atom stereocenters. The van der Waals surface area contributed by atoms with Crippen molar-refractivity contribution in [2.75, 3.05) is 0 Å². The van der Waals surface area contributed by atoms with Crippen molar-refractivity contribution in [1.29, 1.82) is 5.26 Å². The highest BCUT2D eigenvalue weighted by Crippen LogP contribution is 2.27. The van der Waals surface area contributed by atoms with Gasteiger partial charge in [0.2, 0.25) is 0 Å². The van der Waals surface area contributed by atoms with Gasteiger partial charge >= 0.3 is 0 Å². The predicted molar refractivity (Wildman–Crippen MR) is 84.2 cm³/mol. The van der Waals surface area contributed by atoms with E-state index in [1.165, 1.54) is 4.90 Å². The zero-order valence-corrected chi connectivity index (χ0v) is 13.3. The van der Waals surface area contributed by atoms with E-state index in [0.717, 1.165) is 11.1 Å². The highest BCUT2D eigenvalue weighted by atomic mass is 79.9. The summed E-state index contributed by atoms with van der Waals surface area (Å²) >= 11 is 3.33. The Bertz CT molecular complexity index is 817. The largest absolute Gasteiger partial charge is 0.270 e. The van der Waals surface area contributed by atoms with Crippen LogP contribution in [0.1, 0.15) is 37.4 Å². The third-order valence-electron chi connectivity index (χ3n) is 3.75. The quantitative estimate of drug-likeness (QED) is 0.776. The maximum absolute atomic E-state index is 12.4. The number of rotatable bonds is 2. The first-order chi connectivity index (χ1) is 10.5. The third-order valence-corrected chi connectivity index (χ3v) is 4.41. The Kier molecular flexibility index (Phi) is 3.55. The molecule has 4 nitrogen and oxygen atoms in total. The molecule has 0 saturated carbocycles. The molecule has 0 aromatic heterocycles. The minimum atomic E-state index is -0.290. The Balaban J connectivity index is 1.98. The average Bonchev–Trinajstić information content (AvgIpc) is 2.75. The van der Waals surface area contributed by atoms with E-state index in [0.29, 0.717) is 21.2 Å². The number of benzene rings is 2. The molecule has 0 spiro atoms. The highest BCUT2D eigenvalue weighted by molar-refractivity contribution is 9.10. The van der Waals surface area contributed by atoms with Crippen LogP contribution in [0.4, 0.5) is 0 Å². The minimum absolute atomic E-state index is 0.167. The molecule has 0 saturated heterocycles. The Hall–Kier alpha value is -2.45. The maximum Gasteiger partial charge on any atom is 0.261 e. The molecule has 5 heteroatoms. The molecule has 2 aromatic carbocycles. The molecule has 0 aliphatic carbocycles. The number of carbonyl (C=O) groups is 2. The fourth-order valence-electron chi connectivity index (χ4n) is 2.53. The fraction of sp³-hybridized carbons (Fsp3) is 0.118. The summed E-state index contributed by atoms with van der Waals surface area (Å²) in [7, 11) is 0. The summed E-state index contributed by atoms with van der Waals surface area (Å²) in [5.74, 6) is -0.581. The number of carbonyl (C=O) groups excluding carboxylic acids is 2. The summed E-state index contributed by atoms with van der Waals surface area (Å²) in [6.07, 6.45) is 0. The van der Waals surface area contributed by atoms with Gasteiger partial charge in [-0.25, -0.2) is 0 Å². The van der Waals surface area contributed by atoms with E-state index in [2.05, 4.69) is 22.0 Å². The van der Waals surface area contributed by atoms with Gasteiger partial charge in [0.05, 0.1) is 23.2 Å². The average molecular weight is 355 g/mol. The number of nitrogens with zero attached hydrogens (tertiary/aromatic N) is 2. The minimum Gasteiger partial charge on any atom is -0.270 e. The van der Waals surface area contributed by atoms with Crippen LogP contribution in [0.25, 0.3) is 0 Å². The van der Waals surface area contributed by atoms with Gasteiger partial charge in [-0.1, -0.05) is 12.1 Å². The standard InChI is InChI=1S/C17H11BrN2O2/c1-10-6-15(18)11(8-19)7-12(10)9-20-16(21)13-4-2-3-5-14(13)17(20)22/h2-7H,9H2,1H3. The number of hydrogen-bond acceptors (Lipinski definition) is 3. The molecule has 3 rings (SSSR count). The van der Waals surface area contributed by atoms with Gasteiger partial charge in [-0.15, -0.1) is 0 Å². The molecule has 2 aromatic rings. The second-order valence-electron chi connectivity index (χ2n) is 5.11. The molecule has 0 N–H and O–H groups in total. The van der Waals surface area contributed by atoms with Crippen LogP contribution in [-0.2, 0) is 6.54 Å². The molecule has 108 valence electrons. The summed E-state index contributed by atoms with van der Waals surface area (Å²) in [6.45, 7) is 2.06. The summed E-state index contributed by atoms with van der Waals surface area (Å²) < 4.78 is 0.707. The van der Waals surface area contributed by atoms with E-state index >= 15 is 0 Å². The fourth-order valence-corrected chi connectivity index (χ4v) is 3.07. The molecule has 0 atom stereocenters. The number of hydrogen-bond donors (Lipinski definition) is 0. The van der Waals surface area contributed by atoms with Crippen molar-refractivity contribution in [1.82, 2.24) is 4.90 Å². The van der Waals surface area contributed by atoms with Crippen molar-refractivity contribution in [3.05, 3.63) is 68.7 Å². The molecule has 0 bridgehead atoms. The van der Waals surface area contributed by atoms with Crippen molar-refractivity contribution in [3.63, 3.8) is 0 Å². The van der Waals surface area contributed by atoms with Crippen LogP contribution in [0, 0.1) is 18.3 Å². The van der Waals surface area contributed by atoms with Crippen molar-refractivity contribution < 1.29 is 9.59 Å². The molecule has 0 fully saturated rings. The Morgan fingerprint density at radius 3 is 2.27 bits per heavy atom. The molecule has 1 heterocycles. The van der Waals surface area contributed by atoms with E-state index in [4.69, 9.17) is 5.26 Å². The Morgan fingerprint density at radius 1 is 1.14 bits per heavy atom. The number of fused-ring (bicyclic) bond motifs is 1. The summed E-state index contributed by atoms with van der Waals surface area (Å²) in [4.78, 5) is 26.0. The van der Waals surface area contributed by atoms with Gasteiger partial charge in [-0.3, -0.25) is 14.5 Å².